The van der Waals surface area contributed by atoms with Crippen LogP contribution in [0.4, 0.5) is 0 Å². The second kappa shape index (κ2) is 8.33. The van der Waals surface area contributed by atoms with E-state index >= 15 is 0 Å². The number of nitrogens with one attached hydrogen (secondary N) is 1. The van der Waals surface area contributed by atoms with Gasteiger partial charge in [0.1, 0.15) is 0 Å². The van der Waals surface area contributed by atoms with Crippen LogP contribution in [0.15, 0.2) is 6.20 Å². The topological polar surface area (TPSA) is 39.1 Å². The molecule has 0 spiro atoms. The van der Waals surface area contributed by atoms with Crippen LogP contribution < -0.4 is 5.32 Å². The first-order chi connectivity index (χ1) is 9.06. The summed E-state index contributed by atoms with van der Waals surface area (Å²) < 4.78 is 7.22. The smallest absolute Gasteiger partial charge is 0.0587 e. The molecule has 0 fully saturated rings. The van der Waals surface area contributed by atoms with Crippen LogP contribution in [0.3, 0.4) is 0 Å². The fraction of sp³-hybridized carbons (Fsp3) is 0.800. The van der Waals surface area contributed by atoms with Crippen molar-refractivity contribution in [2.45, 2.75) is 53.1 Å². The fourth-order valence-corrected chi connectivity index (χ4v) is 2.19. The molecule has 0 saturated carbocycles. The molecule has 110 valence electrons. The lowest BCUT2D eigenvalue weighted by molar-refractivity contribution is 0.199. The van der Waals surface area contributed by atoms with Gasteiger partial charge in [0, 0.05) is 38.0 Å². The summed E-state index contributed by atoms with van der Waals surface area (Å²) in [6.45, 7) is 12.5. The van der Waals surface area contributed by atoms with Crippen molar-refractivity contribution in [3.8, 4) is 0 Å². The minimum atomic E-state index is 0.508. The summed E-state index contributed by atoms with van der Waals surface area (Å²) in [5.41, 5.74) is 2.68. The Labute approximate surface area is 117 Å². The highest BCUT2D eigenvalue weighted by molar-refractivity contribution is 5.21. The largest absolute Gasteiger partial charge is 0.383 e. The number of aromatic nitrogens is 2. The summed E-state index contributed by atoms with van der Waals surface area (Å²) in [5.74, 6) is 1.22. The van der Waals surface area contributed by atoms with E-state index in [1.54, 1.807) is 7.11 Å². The van der Waals surface area contributed by atoms with Gasteiger partial charge in [0.25, 0.3) is 0 Å². The SMILES string of the molecule is COCCNCc1cnn(CCC(C)C)c1C(C)C. The van der Waals surface area contributed by atoms with E-state index < -0.39 is 0 Å². The molecule has 0 radical (unpaired) electrons. The molecule has 0 saturated heterocycles. The molecular formula is C15H29N3O. The maximum Gasteiger partial charge on any atom is 0.0587 e. The Morgan fingerprint density at radius 1 is 1.32 bits per heavy atom. The predicted molar refractivity (Wildman–Crippen MR) is 79.4 cm³/mol. The van der Waals surface area contributed by atoms with E-state index in [2.05, 4.69) is 42.8 Å². The second-order valence-corrected chi connectivity index (χ2v) is 5.78. The Hall–Kier alpha value is -0.870. The monoisotopic (exact) mass is 267 g/mol. The third kappa shape index (κ3) is 5.33. The predicted octanol–water partition coefficient (Wildman–Crippen LogP) is 2.79. The number of aryl methyl sites for hydroxylation is 1. The lowest BCUT2D eigenvalue weighted by atomic mass is 10.1. The van der Waals surface area contributed by atoms with Crippen molar-refractivity contribution >= 4 is 0 Å². The van der Waals surface area contributed by atoms with Crippen molar-refractivity contribution in [1.82, 2.24) is 15.1 Å². The average molecular weight is 267 g/mol. The molecule has 0 amide bonds. The van der Waals surface area contributed by atoms with Crippen molar-refractivity contribution in [3.63, 3.8) is 0 Å². The molecule has 1 aromatic rings. The molecule has 4 nitrogen and oxygen atoms in total. The van der Waals surface area contributed by atoms with Gasteiger partial charge in [-0.2, -0.15) is 5.10 Å². The number of rotatable bonds is 9. The van der Waals surface area contributed by atoms with Crippen molar-refractivity contribution in [1.29, 1.82) is 0 Å². The summed E-state index contributed by atoms with van der Waals surface area (Å²) in [5, 5.41) is 7.95. The number of methoxy groups -OCH3 is 1. The zero-order chi connectivity index (χ0) is 14.3. The standard InChI is InChI=1S/C15H29N3O/c1-12(2)6-8-18-15(13(3)4)14(11-17-18)10-16-7-9-19-5/h11-13,16H,6-10H2,1-5H3. The molecular weight excluding hydrogens is 238 g/mol. The van der Waals surface area contributed by atoms with E-state index in [-0.39, 0.29) is 0 Å². The first kappa shape index (κ1) is 16.2. The number of hydrogen-bond acceptors (Lipinski definition) is 3. The van der Waals surface area contributed by atoms with E-state index in [1.807, 2.05) is 6.20 Å². The molecule has 1 rings (SSSR count). The van der Waals surface area contributed by atoms with Crippen LogP contribution in [-0.4, -0.2) is 30.0 Å². The molecule has 19 heavy (non-hydrogen) atoms. The zero-order valence-electron chi connectivity index (χ0n) is 13.1. The van der Waals surface area contributed by atoms with Crippen molar-refractivity contribution < 1.29 is 4.74 Å². The summed E-state index contributed by atoms with van der Waals surface area (Å²) in [4.78, 5) is 0. The van der Waals surface area contributed by atoms with Crippen LogP contribution >= 0.6 is 0 Å². The molecule has 0 aliphatic carbocycles. The molecule has 0 atom stereocenters. The minimum Gasteiger partial charge on any atom is -0.383 e. The third-order valence-corrected chi connectivity index (χ3v) is 3.22. The molecule has 1 heterocycles. The first-order valence-corrected chi connectivity index (χ1v) is 7.30. The minimum absolute atomic E-state index is 0.508. The lowest BCUT2D eigenvalue weighted by Crippen LogP contribution is -2.19. The quantitative estimate of drug-likeness (QED) is 0.699. The molecule has 1 aromatic heterocycles. The molecule has 0 aliphatic rings. The van der Waals surface area contributed by atoms with Gasteiger partial charge >= 0.3 is 0 Å². The zero-order valence-corrected chi connectivity index (χ0v) is 13.1. The average Bonchev–Trinajstić information content (AvgIpc) is 2.75. The number of hydrogen-bond donors (Lipinski definition) is 1. The van der Waals surface area contributed by atoms with Gasteiger partial charge in [-0.25, -0.2) is 0 Å². The first-order valence-electron chi connectivity index (χ1n) is 7.30. The van der Waals surface area contributed by atoms with Crippen LogP contribution in [0.25, 0.3) is 0 Å². The molecule has 0 bridgehead atoms. The van der Waals surface area contributed by atoms with Crippen molar-refractivity contribution in [3.05, 3.63) is 17.5 Å². The van der Waals surface area contributed by atoms with E-state index in [1.165, 1.54) is 17.7 Å². The Kier molecular flexibility index (Phi) is 7.10. The van der Waals surface area contributed by atoms with Gasteiger partial charge in [-0.1, -0.05) is 27.7 Å². The molecule has 0 aliphatic heterocycles. The van der Waals surface area contributed by atoms with E-state index in [4.69, 9.17) is 4.74 Å². The highest BCUT2D eigenvalue weighted by Crippen LogP contribution is 2.20. The van der Waals surface area contributed by atoms with Gasteiger partial charge in [0.2, 0.25) is 0 Å². The summed E-state index contributed by atoms with van der Waals surface area (Å²) in [7, 11) is 1.73. The fourth-order valence-electron chi connectivity index (χ4n) is 2.19. The molecule has 0 unspecified atom stereocenters. The number of nitrogens with zero attached hydrogens (tertiary/aromatic N) is 2. The molecule has 1 N–H and O–H groups in total. The van der Waals surface area contributed by atoms with Crippen LogP contribution in [-0.2, 0) is 17.8 Å². The summed E-state index contributed by atoms with van der Waals surface area (Å²) >= 11 is 0. The Morgan fingerprint density at radius 2 is 2.05 bits per heavy atom. The van der Waals surface area contributed by atoms with E-state index in [9.17, 15) is 0 Å². The van der Waals surface area contributed by atoms with Crippen LogP contribution in [0.5, 0.6) is 0 Å². The summed E-state index contributed by atoms with van der Waals surface area (Å²) in [6.07, 6.45) is 3.19. The van der Waals surface area contributed by atoms with Gasteiger partial charge in [-0.3, -0.25) is 4.68 Å². The normalized spacial score (nSPS) is 11.7. The maximum atomic E-state index is 5.04. The van der Waals surface area contributed by atoms with Gasteiger partial charge in [0.15, 0.2) is 0 Å². The third-order valence-electron chi connectivity index (χ3n) is 3.22. The van der Waals surface area contributed by atoms with E-state index in [0.717, 1.165) is 26.2 Å². The van der Waals surface area contributed by atoms with Gasteiger partial charge in [-0.05, 0) is 18.3 Å². The van der Waals surface area contributed by atoms with Crippen LogP contribution in [0, 0.1) is 5.92 Å². The highest BCUT2D eigenvalue weighted by atomic mass is 16.5. The molecule has 0 aromatic carbocycles. The van der Waals surface area contributed by atoms with Gasteiger partial charge in [0.05, 0.1) is 12.8 Å². The maximum absolute atomic E-state index is 5.04. The Morgan fingerprint density at radius 3 is 2.63 bits per heavy atom. The van der Waals surface area contributed by atoms with Crippen LogP contribution in [0.2, 0.25) is 0 Å². The highest BCUT2D eigenvalue weighted by Gasteiger charge is 2.14. The van der Waals surface area contributed by atoms with Crippen molar-refractivity contribution in [2.75, 3.05) is 20.3 Å². The Balaban J connectivity index is 2.65. The van der Waals surface area contributed by atoms with Gasteiger partial charge in [-0.15, -0.1) is 0 Å². The summed E-state index contributed by atoms with van der Waals surface area (Å²) in [6, 6.07) is 0. The molecule has 4 heteroatoms. The Bertz CT molecular complexity index is 358. The lowest BCUT2D eigenvalue weighted by Gasteiger charge is -2.14. The van der Waals surface area contributed by atoms with Crippen LogP contribution in [0.1, 0.15) is 51.3 Å². The van der Waals surface area contributed by atoms with Gasteiger partial charge < -0.3 is 10.1 Å². The second-order valence-electron chi connectivity index (χ2n) is 5.78. The number of ether oxygens (including phenoxy) is 1. The van der Waals surface area contributed by atoms with E-state index in [0.29, 0.717) is 11.8 Å². The van der Waals surface area contributed by atoms with Crippen molar-refractivity contribution in [2.24, 2.45) is 5.92 Å².